The fraction of sp³-hybridized carbons (Fsp3) is 0.227. The number of epoxide rings is 1. The second-order valence-electron chi connectivity index (χ2n) is 6.55. The normalized spacial score (nSPS) is 17.0. The van der Waals surface area contributed by atoms with Crippen LogP contribution in [0.15, 0.2) is 72.8 Å². The quantitative estimate of drug-likeness (QED) is 0.354. The van der Waals surface area contributed by atoms with E-state index in [-0.39, 0.29) is 12.1 Å². The molecule has 4 rings (SSSR count). The highest BCUT2D eigenvalue weighted by Gasteiger charge is 2.37. The number of hydrogen-bond donors (Lipinski definition) is 0. The number of carbonyl (C=O) groups excluding carboxylic acids is 1. The molecule has 1 amide bonds. The van der Waals surface area contributed by atoms with Crippen molar-refractivity contribution in [2.75, 3.05) is 6.61 Å². The van der Waals surface area contributed by atoms with E-state index >= 15 is 0 Å². The minimum atomic E-state index is -0.127. The van der Waals surface area contributed by atoms with Gasteiger partial charge in [0.25, 0.3) is 0 Å². The maximum Gasteiger partial charge on any atom is 0.233 e. The monoisotopic (exact) mass is 347 g/mol. The van der Waals surface area contributed by atoms with Gasteiger partial charge in [0.05, 0.1) is 12.6 Å². The van der Waals surface area contributed by atoms with Crippen LogP contribution in [0, 0.1) is 0 Å². The molecule has 4 heteroatoms. The standard InChI is InChI=1S/C22H21NO3/c24-16-23(26-14-17-6-2-1-3-7-17)21(22-15-25-22)13-18-10-11-19-8-4-5-9-20(19)12-18/h1-12,16,21-22H,13-15H2. The van der Waals surface area contributed by atoms with Gasteiger partial charge in [-0.15, -0.1) is 0 Å². The second-order valence-corrected chi connectivity index (χ2v) is 6.55. The lowest BCUT2D eigenvalue weighted by atomic mass is 10.00. The van der Waals surface area contributed by atoms with Gasteiger partial charge < -0.3 is 4.74 Å². The molecule has 4 nitrogen and oxygen atoms in total. The predicted octanol–water partition coefficient (Wildman–Crippen LogP) is 3.74. The predicted molar refractivity (Wildman–Crippen MR) is 100 cm³/mol. The summed E-state index contributed by atoms with van der Waals surface area (Å²) in [6, 6.07) is 24.4. The number of fused-ring (bicyclic) bond motifs is 1. The molecule has 0 saturated carbocycles. The molecule has 0 N–H and O–H groups in total. The summed E-state index contributed by atoms with van der Waals surface area (Å²) in [7, 11) is 0. The Morgan fingerprint density at radius 1 is 1.00 bits per heavy atom. The van der Waals surface area contributed by atoms with E-state index in [4.69, 9.17) is 9.57 Å². The van der Waals surface area contributed by atoms with Crippen LogP contribution in [0.3, 0.4) is 0 Å². The zero-order valence-corrected chi connectivity index (χ0v) is 14.5. The summed E-state index contributed by atoms with van der Waals surface area (Å²) < 4.78 is 5.48. The topological polar surface area (TPSA) is 42.1 Å². The summed E-state index contributed by atoms with van der Waals surface area (Å²) in [6.45, 7) is 1.03. The average molecular weight is 347 g/mol. The lowest BCUT2D eigenvalue weighted by molar-refractivity contribution is -0.194. The van der Waals surface area contributed by atoms with Crippen LogP contribution in [0.2, 0.25) is 0 Å². The molecule has 2 unspecified atom stereocenters. The maximum atomic E-state index is 11.6. The van der Waals surface area contributed by atoms with Crippen molar-refractivity contribution in [2.45, 2.75) is 25.2 Å². The van der Waals surface area contributed by atoms with Crippen molar-refractivity contribution in [3.05, 3.63) is 83.9 Å². The first kappa shape index (κ1) is 16.8. The lowest BCUT2D eigenvalue weighted by Gasteiger charge is -2.26. The van der Waals surface area contributed by atoms with E-state index in [9.17, 15) is 4.79 Å². The Balaban J connectivity index is 1.49. The minimum absolute atomic E-state index is 0.0300. The van der Waals surface area contributed by atoms with Gasteiger partial charge in [-0.1, -0.05) is 72.8 Å². The summed E-state index contributed by atoms with van der Waals surface area (Å²) in [5, 5.41) is 3.83. The minimum Gasteiger partial charge on any atom is -0.371 e. The fourth-order valence-electron chi connectivity index (χ4n) is 3.20. The van der Waals surface area contributed by atoms with Crippen molar-refractivity contribution in [2.24, 2.45) is 0 Å². The van der Waals surface area contributed by atoms with Crippen molar-refractivity contribution in [3.63, 3.8) is 0 Å². The Morgan fingerprint density at radius 2 is 1.73 bits per heavy atom. The molecule has 3 aromatic rings. The Labute approximate surface area is 152 Å². The van der Waals surface area contributed by atoms with E-state index in [1.807, 2.05) is 42.5 Å². The molecule has 26 heavy (non-hydrogen) atoms. The van der Waals surface area contributed by atoms with E-state index in [0.717, 1.165) is 12.0 Å². The summed E-state index contributed by atoms with van der Waals surface area (Å²) in [5.41, 5.74) is 2.19. The summed E-state index contributed by atoms with van der Waals surface area (Å²) >= 11 is 0. The van der Waals surface area contributed by atoms with Crippen molar-refractivity contribution in [1.82, 2.24) is 5.06 Å². The van der Waals surface area contributed by atoms with Crippen LogP contribution in [-0.2, 0) is 27.4 Å². The number of ether oxygens (including phenoxy) is 1. The number of hydrogen-bond acceptors (Lipinski definition) is 3. The van der Waals surface area contributed by atoms with E-state index in [0.29, 0.717) is 19.6 Å². The molecule has 1 heterocycles. The van der Waals surface area contributed by atoms with Gasteiger partial charge in [-0.3, -0.25) is 9.63 Å². The van der Waals surface area contributed by atoms with Gasteiger partial charge in [0.2, 0.25) is 6.41 Å². The zero-order valence-electron chi connectivity index (χ0n) is 14.5. The molecule has 1 fully saturated rings. The molecular weight excluding hydrogens is 326 g/mol. The Bertz CT molecular complexity index is 877. The van der Waals surface area contributed by atoms with Gasteiger partial charge in [0, 0.05) is 0 Å². The first-order chi connectivity index (χ1) is 12.8. The molecule has 0 aromatic heterocycles. The van der Waals surface area contributed by atoms with Gasteiger partial charge >= 0.3 is 0 Å². The smallest absolute Gasteiger partial charge is 0.233 e. The largest absolute Gasteiger partial charge is 0.371 e. The second kappa shape index (κ2) is 7.68. The molecule has 2 atom stereocenters. The Kier molecular flexibility index (Phi) is 4.95. The van der Waals surface area contributed by atoms with Crippen molar-refractivity contribution < 1.29 is 14.4 Å². The van der Waals surface area contributed by atoms with Crippen LogP contribution in [0.5, 0.6) is 0 Å². The van der Waals surface area contributed by atoms with Gasteiger partial charge in [0.1, 0.15) is 12.7 Å². The maximum absolute atomic E-state index is 11.6. The number of nitrogens with zero attached hydrogens (tertiary/aromatic N) is 1. The SMILES string of the molecule is O=CN(OCc1ccccc1)C(Cc1ccc2ccccc2c1)C1CO1. The van der Waals surface area contributed by atoms with E-state index in [1.54, 1.807) is 0 Å². The Morgan fingerprint density at radius 3 is 2.46 bits per heavy atom. The van der Waals surface area contributed by atoms with Gasteiger partial charge in [-0.05, 0) is 28.3 Å². The van der Waals surface area contributed by atoms with Crippen molar-refractivity contribution in [1.29, 1.82) is 0 Å². The fourth-order valence-corrected chi connectivity index (χ4v) is 3.20. The van der Waals surface area contributed by atoms with E-state index in [2.05, 4.69) is 30.3 Å². The first-order valence-electron chi connectivity index (χ1n) is 8.83. The molecule has 132 valence electrons. The molecule has 1 aliphatic rings. The highest BCUT2D eigenvalue weighted by Crippen LogP contribution is 2.25. The van der Waals surface area contributed by atoms with Gasteiger partial charge in [-0.2, -0.15) is 0 Å². The van der Waals surface area contributed by atoms with Gasteiger partial charge in [-0.25, -0.2) is 5.06 Å². The molecule has 0 bridgehead atoms. The number of carbonyl (C=O) groups is 1. The first-order valence-corrected chi connectivity index (χ1v) is 8.83. The van der Waals surface area contributed by atoms with Crippen LogP contribution >= 0.6 is 0 Å². The third-order valence-corrected chi connectivity index (χ3v) is 4.70. The molecule has 1 aliphatic heterocycles. The number of hydroxylamine groups is 2. The van der Waals surface area contributed by atoms with Crippen molar-refractivity contribution in [3.8, 4) is 0 Å². The van der Waals surface area contributed by atoms with Crippen molar-refractivity contribution >= 4 is 17.2 Å². The molecule has 0 spiro atoms. The van der Waals surface area contributed by atoms with E-state index in [1.165, 1.54) is 21.4 Å². The molecule has 0 aliphatic carbocycles. The molecule has 3 aromatic carbocycles. The third-order valence-electron chi connectivity index (χ3n) is 4.70. The van der Waals surface area contributed by atoms with Crippen LogP contribution in [0.1, 0.15) is 11.1 Å². The number of amides is 1. The highest BCUT2D eigenvalue weighted by molar-refractivity contribution is 5.83. The average Bonchev–Trinajstić information content (AvgIpc) is 3.53. The summed E-state index contributed by atoms with van der Waals surface area (Å²) in [4.78, 5) is 17.4. The van der Waals surface area contributed by atoms with Crippen LogP contribution in [0.4, 0.5) is 0 Å². The number of rotatable bonds is 8. The summed E-state index contributed by atoms with van der Waals surface area (Å²) in [6.07, 6.45) is 1.49. The Hall–Kier alpha value is -2.69. The number of benzene rings is 3. The molecule has 1 saturated heterocycles. The van der Waals surface area contributed by atoms with Crippen LogP contribution in [-0.4, -0.2) is 30.2 Å². The van der Waals surface area contributed by atoms with Gasteiger partial charge in [0.15, 0.2) is 0 Å². The molecule has 0 radical (unpaired) electrons. The highest BCUT2D eigenvalue weighted by atomic mass is 16.7. The van der Waals surface area contributed by atoms with E-state index < -0.39 is 0 Å². The lowest BCUT2D eigenvalue weighted by Crippen LogP contribution is -2.40. The molecular formula is C22H21NO3. The van der Waals surface area contributed by atoms with Crippen LogP contribution in [0.25, 0.3) is 10.8 Å². The zero-order chi connectivity index (χ0) is 17.8. The summed E-state index contributed by atoms with van der Waals surface area (Å²) in [5.74, 6) is 0. The third kappa shape index (κ3) is 3.93. The van der Waals surface area contributed by atoms with Crippen LogP contribution < -0.4 is 0 Å².